The highest BCUT2D eigenvalue weighted by atomic mass is 19.2. The second-order valence-electron chi connectivity index (χ2n) is 8.19. The lowest BCUT2D eigenvalue weighted by Gasteiger charge is -2.46. The summed E-state index contributed by atoms with van der Waals surface area (Å²) in [5, 5.41) is 18.9. The van der Waals surface area contributed by atoms with Crippen LogP contribution >= 0.6 is 0 Å². The molecule has 5 rings (SSSR count). The Bertz CT molecular complexity index is 1100. The molecule has 0 aliphatic carbocycles. The Kier molecular flexibility index (Phi) is 5.92. The van der Waals surface area contributed by atoms with E-state index in [-0.39, 0.29) is 24.5 Å². The number of aliphatic hydroxyl groups excluding tert-OH is 1. The van der Waals surface area contributed by atoms with Crippen LogP contribution in [0, 0.1) is 17.5 Å². The van der Waals surface area contributed by atoms with Gasteiger partial charge >= 0.3 is 0 Å². The SMILES string of the molecule is O[C@H]1CO[C@@]2(CCCO2)[C@H](OCc2ccccc2)[C@H]1n1cc(-c2cc(F)c(F)c(F)c2)nn1. The molecule has 0 bridgehead atoms. The number of hydrogen-bond acceptors (Lipinski definition) is 6. The van der Waals surface area contributed by atoms with E-state index in [0.29, 0.717) is 13.0 Å². The average Bonchev–Trinajstić information content (AvgIpc) is 3.49. The lowest BCUT2D eigenvalue weighted by molar-refractivity contribution is -0.321. The average molecular weight is 461 g/mol. The fourth-order valence-electron chi connectivity index (χ4n) is 4.40. The fourth-order valence-corrected chi connectivity index (χ4v) is 4.40. The van der Waals surface area contributed by atoms with Gasteiger partial charge in [-0.1, -0.05) is 35.5 Å². The Balaban J connectivity index is 1.48. The summed E-state index contributed by atoms with van der Waals surface area (Å²) >= 11 is 0. The second kappa shape index (κ2) is 8.86. The van der Waals surface area contributed by atoms with Crippen LogP contribution in [0.2, 0.25) is 0 Å². The summed E-state index contributed by atoms with van der Waals surface area (Å²) in [6.07, 6.45) is 1.04. The van der Waals surface area contributed by atoms with Crippen molar-refractivity contribution in [2.45, 2.75) is 43.5 Å². The molecule has 33 heavy (non-hydrogen) atoms. The maximum atomic E-state index is 13.7. The standard InChI is InChI=1S/C23H22F3N3O4/c24-16-9-15(10-17(25)20(16)26)18-11-29(28-27-18)21-19(30)13-33-23(7-4-8-32-23)22(21)31-12-14-5-2-1-3-6-14/h1-3,5-6,9-11,19,21-22,30H,4,7-8,12-13H2/t19-,21-,22+,23-/m0/s1. The maximum Gasteiger partial charge on any atom is 0.197 e. The van der Waals surface area contributed by atoms with Crippen molar-refractivity contribution in [3.05, 3.63) is 71.7 Å². The van der Waals surface area contributed by atoms with Gasteiger partial charge in [0, 0.05) is 12.0 Å². The van der Waals surface area contributed by atoms with Crippen molar-refractivity contribution in [2.24, 2.45) is 0 Å². The van der Waals surface area contributed by atoms with Gasteiger partial charge in [-0.2, -0.15) is 0 Å². The molecular weight excluding hydrogens is 439 g/mol. The highest BCUT2D eigenvalue weighted by Gasteiger charge is 2.55. The van der Waals surface area contributed by atoms with Crippen LogP contribution in [-0.4, -0.2) is 51.3 Å². The summed E-state index contributed by atoms with van der Waals surface area (Å²) in [6, 6.07) is 10.5. The molecule has 1 spiro atoms. The van der Waals surface area contributed by atoms with Crippen molar-refractivity contribution >= 4 is 0 Å². The van der Waals surface area contributed by atoms with Crippen molar-refractivity contribution in [1.29, 1.82) is 0 Å². The molecule has 3 aromatic rings. The highest BCUT2D eigenvalue weighted by molar-refractivity contribution is 5.57. The molecule has 1 aromatic heterocycles. The summed E-state index contributed by atoms with van der Waals surface area (Å²) in [5.41, 5.74) is 1.07. The largest absolute Gasteiger partial charge is 0.388 e. The summed E-state index contributed by atoms with van der Waals surface area (Å²) < 4.78 is 60.3. The van der Waals surface area contributed by atoms with Crippen LogP contribution in [0.15, 0.2) is 48.7 Å². The summed E-state index contributed by atoms with van der Waals surface area (Å²) in [7, 11) is 0. The van der Waals surface area contributed by atoms with Gasteiger partial charge in [0.15, 0.2) is 23.2 Å². The molecule has 174 valence electrons. The minimum absolute atomic E-state index is 0.00907. The van der Waals surface area contributed by atoms with E-state index in [1.807, 2.05) is 30.3 Å². The first-order chi connectivity index (χ1) is 16.0. The van der Waals surface area contributed by atoms with Gasteiger partial charge < -0.3 is 19.3 Å². The Labute approximate surface area is 187 Å². The van der Waals surface area contributed by atoms with Gasteiger partial charge in [-0.05, 0) is 24.1 Å². The molecule has 0 saturated carbocycles. The van der Waals surface area contributed by atoms with Crippen LogP contribution in [0.4, 0.5) is 13.2 Å². The molecule has 0 radical (unpaired) electrons. The first-order valence-corrected chi connectivity index (χ1v) is 10.6. The van der Waals surface area contributed by atoms with E-state index in [2.05, 4.69) is 10.3 Å². The van der Waals surface area contributed by atoms with E-state index in [0.717, 1.165) is 24.1 Å². The third-order valence-corrected chi connectivity index (χ3v) is 6.02. The summed E-state index contributed by atoms with van der Waals surface area (Å²) in [4.78, 5) is 0. The smallest absolute Gasteiger partial charge is 0.197 e. The van der Waals surface area contributed by atoms with Gasteiger partial charge in [0.1, 0.15) is 23.9 Å². The van der Waals surface area contributed by atoms with Gasteiger partial charge in [0.2, 0.25) is 0 Å². The van der Waals surface area contributed by atoms with Crippen molar-refractivity contribution in [3.8, 4) is 11.3 Å². The van der Waals surface area contributed by atoms with E-state index in [9.17, 15) is 18.3 Å². The number of nitrogens with zero attached hydrogens (tertiary/aromatic N) is 3. The zero-order valence-electron chi connectivity index (χ0n) is 17.5. The zero-order valence-corrected chi connectivity index (χ0v) is 17.5. The first kappa shape index (κ1) is 22.0. The number of halogens is 3. The van der Waals surface area contributed by atoms with E-state index in [4.69, 9.17) is 14.2 Å². The highest BCUT2D eigenvalue weighted by Crippen LogP contribution is 2.42. The summed E-state index contributed by atoms with van der Waals surface area (Å²) in [6.45, 7) is 0.731. The molecule has 3 heterocycles. The van der Waals surface area contributed by atoms with Crippen LogP contribution in [0.25, 0.3) is 11.3 Å². The lowest BCUT2D eigenvalue weighted by atomic mass is 9.92. The normalized spacial score (nSPS) is 27.3. The van der Waals surface area contributed by atoms with Crippen molar-refractivity contribution in [2.75, 3.05) is 13.2 Å². The van der Waals surface area contributed by atoms with Gasteiger partial charge in [0.05, 0.1) is 26.0 Å². The monoisotopic (exact) mass is 461 g/mol. The predicted molar refractivity (Wildman–Crippen MR) is 109 cm³/mol. The van der Waals surface area contributed by atoms with Gasteiger partial charge in [0.25, 0.3) is 0 Å². The van der Waals surface area contributed by atoms with Crippen molar-refractivity contribution in [3.63, 3.8) is 0 Å². The third-order valence-electron chi connectivity index (χ3n) is 6.02. The van der Waals surface area contributed by atoms with Gasteiger partial charge in [-0.25, -0.2) is 17.9 Å². The van der Waals surface area contributed by atoms with Crippen molar-refractivity contribution < 1.29 is 32.5 Å². The molecule has 1 N–H and O–H groups in total. The van der Waals surface area contributed by atoms with Crippen LogP contribution in [0.5, 0.6) is 0 Å². The molecule has 10 heteroatoms. The molecule has 2 aliphatic rings. The first-order valence-electron chi connectivity index (χ1n) is 10.6. The Hall–Kier alpha value is -2.79. The number of rotatable bonds is 5. The topological polar surface area (TPSA) is 78.6 Å². The number of ether oxygens (including phenoxy) is 3. The maximum absolute atomic E-state index is 13.7. The van der Waals surface area contributed by atoms with Gasteiger partial charge in [-0.3, -0.25) is 0 Å². The molecule has 2 saturated heterocycles. The van der Waals surface area contributed by atoms with E-state index in [1.54, 1.807) is 0 Å². The molecule has 2 aliphatic heterocycles. The predicted octanol–water partition coefficient (Wildman–Crippen LogP) is 3.39. The van der Waals surface area contributed by atoms with Crippen molar-refractivity contribution in [1.82, 2.24) is 15.0 Å². The molecule has 0 unspecified atom stereocenters. The zero-order chi connectivity index (χ0) is 23.0. The number of benzene rings is 2. The molecule has 2 aromatic carbocycles. The van der Waals surface area contributed by atoms with E-state index in [1.165, 1.54) is 10.9 Å². The lowest BCUT2D eigenvalue weighted by Crippen LogP contribution is -2.59. The Morgan fingerprint density at radius 3 is 2.58 bits per heavy atom. The molecule has 7 nitrogen and oxygen atoms in total. The Morgan fingerprint density at radius 2 is 1.88 bits per heavy atom. The second-order valence-corrected chi connectivity index (χ2v) is 8.19. The van der Waals surface area contributed by atoms with E-state index < -0.39 is 41.5 Å². The van der Waals surface area contributed by atoms with Gasteiger partial charge in [-0.15, -0.1) is 5.10 Å². The Morgan fingerprint density at radius 1 is 1.12 bits per heavy atom. The van der Waals surface area contributed by atoms with Crippen LogP contribution in [-0.2, 0) is 20.8 Å². The fraction of sp³-hybridized carbons (Fsp3) is 0.391. The molecular formula is C23H22F3N3O4. The number of aliphatic hydroxyl groups is 1. The minimum Gasteiger partial charge on any atom is -0.388 e. The van der Waals surface area contributed by atoms with Crippen LogP contribution < -0.4 is 0 Å². The van der Waals surface area contributed by atoms with E-state index >= 15 is 0 Å². The molecule has 4 atom stereocenters. The van der Waals surface area contributed by atoms with Crippen LogP contribution in [0.3, 0.4) is 0 Å². The number of hydrogen-bond donors (Lipinski definition) is 1. The van der Waals surface area contributed by atoms with Crippen LogP contribution in [0.1, 0.15) is 24.4 Å². The number of aromatic nitrogens is 3. The quantitative estimate of drug-likeness (QED) is 0.587. The third kappa shape index (κ3) is 4.15. The summed E-state index contributed by atoms with van der Waals surface area (Å²) in [5.74, 6) is -5.26. The molecule has 2 fully saturated rings. The molecule has 0 amide bonds. The minimum atomic E-state index is -1.55.